The van der Waals surface area contributed by atoms with Crippen molar-refractivity contribution in [3.63, 3.8) is 0 Å². The van der Waals surface area contributed by atoms with Gasteiger partial charge in [-0.1, -0.05) is 13.0 Å². The topological polar surface area (TPSA) is 67.2 Å². The Bertz CT molecular complexity index is 816. The van der Waals surface area contributed by atoms with E-state index in [0.717, 1.165) is 62.2 Å². The van der Waals surface area contributed by atoms with E-state index in [1.54, 1.807) is 6.08 Å². The molecule has 3 aliphatic rings. The molecule has 1 aliphatic carbocycles. The van der Waals surface area contributed by atoms with Gasteiger partial charge in [0.1, 0.15) is 17.6 Å². The Labute approximate surface area is 174 Å². The van der Waals surface area contributed by atoms with Gasteiger partial charge >= 0.3 is 0 Å². The number of hydrogen-bond acceptors (Lipinski definition) is 6. The highest BCUT2D eigenvalue weighted by Gasteiger charge is 2.40. The standard InChI is InChI=1S/C23H32N6/c1-3-18(17-24)22(29-13-9-23(10-14-29)7-4-8-23)21-19(25-2)5-6-20(27-21)28-15-11-26-12-16-28/h3,5-6,25-26H,1,4,7-16H2,2H3/b22-18-. The zero-order valence-electron chi connectivity index (χ0n) is 17.5. The molecule has 0 bridgehead atoms. The number of likely N-dealkylation sites (tertiary alicyclic amines) is 1. The van der Waals surface area contributed by atoms with Crippen LogP contribution < -0.4 is 15.5 Å². The minimum atomic E-state index is 0.560. The second-order valence-electron chi connectivity index (χ2n) is 8.47. The Kier molecular flexibility index (Phi) is 5.77. The van der Waals surface area contributed by atoms with Gasteiger partial charge in [0, 0.05) is 46.3 Å². The van der Waals surface area contributed by atoms with Crippen LogP contribution in [-0.4, -0.2) is 56.2 Å². The molecule has 0 aromatic carbocycles. The van der Waals surface area contributed by atoms with Gasteiger partial charge in [0.25, 0.3) is 0 Å². The molecule has 1 saturated carbocycles. The van der Waals surface area contributed by atoms with Crippen LogP contribution in [0, 0.1) is 16.7 Å². The lowest BCUT2D eigenvalue weighted by Gasteiger charge is -2.49. The zero-order valence-corrected chi connectivity index (χ0v) is 17.5. The largest absolute Gasteiger partial charge is 0.386 e. The van der Waals surface area contributed by atoms with Crippen LogP contribution in [0.4, 0.5) is 11.5 Å². The number of anilines is 2. The van der Waals surface area contributed by atoms with Crippen LogP contribution in [0.3, 0.4) is 0 Å². The van der Waals surface area contributed by atoms with Gasteiger partial charge in [0.2, 0.25) is 0 Å². The molecule has 3 heterocycles. The third-order valence-electron chi connectivity index (χ3n) is 6.95. The second kappa shape index (κ2) is 8.46. The molecule has 2 saturated heterocycles. The van der Waals surface area contributed by atoms with Gasteiger partial charge in [-0.05, 0) is 49.3 Å². The van der Waals surface area contributed by atoms with Crippen molar-refractivity contribution in [1.29, 1.82) is 5.26 Å². The summed E-state index contributed by atoms with van der Waals surface area (Å²) in [5.74, 6) is 0.979. The highest BCUT2D eigenvalue weighted by molar-refractivity contribution is 5.79. The Morgan fingerprint density at radius 3 is 2.48 bits per heavy atom. The normalized spacial score (nSPS) is 21.8. The number of aromatic nitrogens is 1. The number of piperidine rings is 1. The molecule has 29 heavy (non-hydrogen) atoms. The van der Waals surface area contributed by atoms with Crippen LogP contribution in [0.2, 0.25) is 0 Å². The van der Waals surface area contributed by atoms with Crippen molar-refractivity contribution in [3.05, 3.63) is 36.1 Å². The molecule has 4 rings (SSSR count). The summed E-state index contributed by atoms with van der Waals surface area (Å²) in [4.78, 5) is 9.75. The predicted molar refractivity (Wildman–Crippen MR) is 119 cm³/mol. The fourth-order valence-electron chi connectivity index (χ4n) is 4.93. The van der Waals surface area contributed by atoms with Crippen molar-refractivity contribution >= 4 is 17.2 Å². The molecule has 0 radical (unpaired) electrons. The van der Waals surface area contributed by atoms with Crippen molar-refractivity contribution in [1.82, 2.24) is 15.2 Å². The van der Waals surface area contributed by atoms with E-state index in [4.69, 9.17) is 4.98 Å². The lowest BCUT2D eigenvalue weighted by Crippen LogP contribution is -2.44. The summed E-state index contributed by atoms with van der Waals surface area (Å²) in [6.45, 7) is 9.72. The third kappa shape index (κ3) is 3.84. The molecule has 0 amide bonds. The molecule has 0 atom stereocenters. The van der Waals surface area contributed by atoms with E-state index in [-0.39, 0.29) is 0 Å². The number of pyridine rings is 1. The molecule has 1 aromatic rings. The van der Waals surface area contributed by atoms with Gasteiger partial charge in [-0.15, -0.1) is 0 Å². The maximum atomic E-state index is 9.86. The summed E-state index contributed by atoms with van der Waals surface area (Å²) < 4.78 is 0. The number of allylic oxidation sites excluding steroid dienone is 2. The van der Waals surface area contributed by atoms with E-state index in [0.29, 0.717) is 11.0 Å². The van der Waals surface area contributed by atoms with Crippen molar-refractivity contribution in [2.75, 3.05) is 56.5 Å². The average Bonchev–Trinajstić information content (AvgIpc) is 2.77. The van der Waals surface area contributed by atoms with Crippen LogP contribution in [0.5, 0.6) is 0 Å². The van der Waals surface area contributed by atoms with Gasteiger partial charge < -0.3 is 20.4 Å². The van der Waals surface area contributed by atoms with Crippen molar-refractivity contribution in [3.8, 4) is 6.07 Å². The molecule has 6 nitrogen and oxygen atoms in total. The number of rotatable bonds is 5. The predicted octanol–water partition coefficient (Wildman–Crippen LogP) is 3.22. The lowest BCUT2D eigenvalue weighted by molar-refractivity contribution is 0.0538. The minimum absolute atomic E-state index is 0.560. The van der Waals surface area contributed by atoms with E-state index in [9.17, 15) is 5.26 Å². The first-order valence-electron chi connectivity index (χ1n) is 10.9. The van der Waals surface area contributed by atoms with Crippen LogP contribution in [0.25, 0.3) is 5.70 Å². The van der Waals surface area contributed by atoms with E-state index in [2.05, 4.69) is 45.2 Å². The van der Waals surface area contributed by atoms with E-state index in [1.165, 1.54) is 32.1 Å². The maximum Gasteiger partial charge on any atom is 0.129 e. The van der Waals surface area contributed by atoms with E-state index < -0.39 is 0 Å². The summed E-state index contributed by atoms with van der Waals surface area (Å²) >= 11 is 0. The number of hydrogen-bond donors (Lipinski definition) is 2. The summed E-state index contributed by atoms with van der Waals surface area (Å²) in [5, 5.41) is 16.5. The highest BCUT2D eigenvalue weighted by atomic mass is 15.2. The summed E-state index contributed by atoms with van der Waals surface area (Å²) in [5.41, 5.74) is 3.92. The Morgan fingerprint density at radius 1 is 1.21 bits per heavy atom. The summed E-state index contributed by atoms with van der Waals surface area (Å²) in [7, 11) is 1.92. The molecule has 6 heteroatoms. The summed E-state index contributed by atoms with van der Waals surface area (Å²) in [6.07, 6.45) is 8.20. The van der Waals surface area contributed by atoms with Gasteiger partial charge in [-0.2, -0.15) is 5.26 Å². The van der Waals surface area contributed by atoms with Gasteiger partial charge in [-0.25, -0.2) is 4.98 Å². The fraction of sp³-hybridized carbons (Fsp3) is 0.565. The first-order chi connectivity index (χ1) is 14.2. The molecule has 3 fully saturated rings. The second-order valence-corrected chi connectivity index (χ2v) is 8.47. The lowest BCUT2D eigenvalue weighted by atomic mass is 9.63. The van der Waals surface area contributed by atoms with Gasteiger partial charge in [0.05, 0.1) is 17.0 Å². The molecular weight excluding hydrogens is 360 g/mol. The zero-order chi connectivity index (χ0) is 20.3. The Hall–Kier alpha value is -2.52. The molecule has 1 spiro atoms. The van der Waals surface area contributed by atoms with Crippen LogP contribution in [-0.2, 0) is 0 Å². The Balaban J connectivity index is 1.71. The molecule has 2 N–H and O–H groups in total. The SMILES string of the molecule is C=C/C(C#N)=C(\c1nc(N2CCNCC2)ccc1NC)N1CCC2(CCC2)CC1. The highest BCUT2D eigenvalue weighted by Crippen LogP contribution is 2.50. The molecular formula is C23H32N6. The van der Waals surface area contributed by atoms with Crippen LogP contribution in [0.15, 0.2) is 30.4 Å². The van der Waals surface area contributed by atoms with Crippen molar-refractivity contribution in [2.45, 2.75) is 32.1 Å². The molecule has 154 valence electrons. The van der Waals surface area contributed by atoms with Crippen molar-refractivity contribution < 1.29 is 0 Å². The van der Waals surface area contributed by atoms with Crippen molar-refractivity contribution in [2.24, 2.45) is 5.41 Å². The molecule has 1 aromatic heterocycles. The first-order valence-corrected chi connectivity index (χ1v) is 10.9. The fourth-order valence-corrected chi connectivity index (χ4v) is 4.93. The van der Waals surface area contributed by atoms with E-state index in [1.807, 2.05) is 7.05 Å². The van der Waals surface area contributed by atoms with Gasteiger partial charge in [-0.3, -0.25) is 0 Å². The average molecular weight is 393 g/mol. The quantitative estimate of drug-likeness (QED) is 0.592. The molecule has 0 unspecified atom stereocenters. The smallest absolute Gasteiger partial charge is 0.129 e. The maximum absolute atomic E-state index is 9.86. The number of nitrogens with one attached hydrogen (secondary N) is 2. The van der Waals surface area contributed by atoms with Gasteiger partial charge in [0.15, 0.2) is 0 Å². The first kappa shape index (κ1) is 19.8. The minimum Gasteiger partial charge on any atom is -0.386 e. The molecule has 2 aliphatic heterocycles. The third-order valence-corrected chi connectivity index (χ3v) is 6.95. The Morgan fingerprint density at radius 2 is 1.93 bits per heavy atom. The number of nitrogens with zero attached hydrogens (tertiary/aromatic N) is 4. The van der Waals surface area contributed by atoms with Crippen LogP contribution >= 0.6 is 0 Å². The number of nitriles is 1. The summed E-state index contributed by atoms with van der Waals surface area (Å²) in [6, 6.07) is 6.55. The van der Waals surface area contributed by atoms with E-state index >= 15 is 0 Å². The van der Waals surface area contributed by atoms with Crippen LogP contribution in [0.1, 0.15) is 37.8 Å². The number of piperazine rings is 1. The monoisotopic (exact) mass is 392 g/mol.